The standard InChI is InChI=1S/C8H11ClN2.ClH/c1-10-11-6-7-3-2-4-8(9)5-7;/h2-5,10-11H,6H2,1H3;1H. The average Bonchev–Trinajstić information content (AvgIpc) is 2.01. The summed E-state index contributed by atoms with van der Waals surface area (Å²) in [6.45, 7) is 0.789. The zero-order valence-corrected chi connectivity index (χ0v) is 8.38. The van der Waals surface area contributed by atoms with Crippen molar-refractivity contribution >= 4 is 24.0 Å². The number of hydrazine groups is 1. The molecule has 0 aliphatic carbocycles. The van der Waals surface area contributed by atoms with Crippen molar-refractivity contribution < 1.29 is 0 Å². The molecule has 0 amide bonds. The molecule has 1 aromatic carbocycles. The molecule has 0 atom stereocenters. The second-order valence-corrected chi connectivity index (χ2v) is 2.67. The molecular weight excluding hydrogens is 195 g/mol. The summed E-state index contributed by atoms with van der Waals surface area (Å²) in [5, 5.41) is 0.778. The number of halogens is 2. The van der Waals surface area contributed by atoms with Gasteiger partial charge in [-0.2, -0.15) is 0 Å². The minimum Gasteiger partial charge on any atom is -0.261 e. The van der Waals surface area contributed by atoms with Crippen LogP contribution in [-0.2, 0) is 6.54 Å². The van der Waals surface area contributed by atoms with Crippen LogP contribution in [-0.4, -0.2) is 7.05 Å². The van der Waals surface area contributed by atoms with E-state index in [9.17, 15) is 0 Å². The van der Waals surface area contributed by atoms with Crippen molar-refractivity contribution in [1.82, 2.24) is 10.9 Å². The molecule has 1 aromatic rings. The van der Waals surface area contributed by atoms with Gasteiger partial charge in [0.25, 0.3) is 0 Å². The Morgan fingerprint density at radius 3 is 2.75 bits per heavy atom. The van der Waals surface area contributed by atoms with Crippen LogP contribution in [0.2, 0.25) is 5.02 Å². The zero-order valence-electron chi connectivity index (χ0n) is 6.80. The predicted octanol–water partition coefficient (Wildman–Crippen LogP) is 1.99. The van der Waals surface area contributed by atoms with E-state index in [-0.39, 0.29) is 12.4 Å². The van der Waals surface area contributed by atoms with Crippen LogP contribution in [0.3, 0.4) is 0 Å². The normalized spacial score (nSPS) is 9.17. The first-order valence-electron chi connectivity index (χ1n) is 3.47. The van der Waals surface area contributed by atoms with E-state index in [1.54, 1.807) is 0 Å². The van der Waals surface area contributed by atoms with E-state index in [2.05, 4.69) is 10.9 Å². The summed E-state index contributed by atoms with van der Waals surface area (Å²) in [6, 6.07) is 7.77. The summed E-state index contributed by atoms with van der Waals surface area (Å²) in [5.41, 5.74) is 7.00. The van der Waals surface area contributed by atoms with Crippen LogP contribution in [0.4, 0.5) is 0 Å². The van der Waals surface area contributed by atoms with Gasteiger partial charge in [0.1, 0.15) is 0 Å². The van der Waals surface area contributed by atoms with Gasteiger partial charge >= 0.3 is 0 Å². The van der Waals surface area contributed by atoms with Gasteiger partial charge in [-0.1, -0.05) is 23.7 Å². The van der Waals surface area contributed by atoms with Gasteiger partial charge in [-0.05, 0) is 24.7 Å². The van der Waals surface area contributed by atoms with Gasteiger partial charge in [0.05, 0.1) is 0 Å². The van der Waals surface area contributed by atoms with Crippen molar-refractivity contribution in [2.24, 2.45) is 0 Å². The summed E-state index contributed by atoms with van der Waals surface area (Å²) >= 11 is 5.78. The van der Waals surface area contributed by atoms with Crippen LogP contribution in [0, 0.1) is 0 Å². The highest BCUT2D eigenvalue weighted by Crippen LogP contribution is 2.09. The van der Waals surface area contributed by atoms with Crippen LogP contribution < -0.4 is 10.9 Å². The van der Waals surface area contributed by atoms with Crippen molar-refractivity contribution in [3.63, 3.8) is 0 Å². The third kappa shape index (κ3) is 3.93. The predicted molar refractivity (Wildman–Crippen MR) is 54.6 cm³/mol. The number of hydrogen-bond donors (Lipinski definition) is 2. The summed E-state index contributed by atoms with van der Waals surface area (Å²) in [5.74, 6) is 0. The molecular formula is C8H12Cl2N2. The lowest BCUT2D eigenvalue weighted by molar-refractivity contribution is 0.596. The second-order valence-electron chi connectivity index (χ2n) is 2.23. The molecule has 0 unspecified atom stereocenters. The lowest BCUT2D eigenvalue weighted by atomic mass is 10.2. The molecule has 0 aromatic heterocycles. The van der Waals surface area contributed by atoms with Gasteiger partial charge in [0.15, 0.2) is 0 Å². The molecule has 2 N–H and O–H groups in total. The number of benzene rings is 1. The fourth-order valence-electron chi connectivity index (χ4n) is 0.837. The monoisotopic (exact) mass is 206 g/mol. The van der Waals surface area contributed by atoms with E-state index in [1.807, 2.05) is 31.3 Å². The SMILES string of the molecule is CNNCc1cccc(Cl)c1.Cl. The molecule has 2 nitrogen and oxygen atoms in total. The maximum Gasteiger partial charge on any atom is 0.0409 e. The fraction of sp³-hybridized carbons (Fsp3) is 0.250. The molecule has 0 bridgehead atoms. The Hall–Kier alpha value is -0.280. The number of rotatable bonds is 3. The molecule has 12 heavy (non-hydrogen) atoms. The van der Waals surface area contributed by atoms with E-state index in [4.69, 9.17) is 11.6 Å². The first-order chi connectivity index (χ1) is 5.33. The van der Waals surface area contributed by atoms with Crippen LogP contribution in [0.15, 0.2) is 24.3 Å². The molecule has 0 spiro atoms. The van der Waals surface area contributed by atoms with Crippen LogP contribution in [0.25, 0.3) is 0 Å². The quantitative estimate of drug-likeness (QED) is 0.740. The third-order valence-corrected chi connectivity index (χ3v) is 1.59. The van der Waals surface area contributed by atoms with Crippen molar-refractivity contribution in [2.75, 3.05) is 7.05 Å². The van der Waals surface area contributed by atoms with Gasteiger partial charge in [0.2, 0.25) is 0 Å². The van der Waals surface area contributed by atoms with E-state index in [0.29, 0.717) is 0 Å². The fourth-order valence-corrected chi connectivity index (χ4v) is 1.05. The Kier molecular flexibility index (Phi) is 6.11. The van der Waals surface area contributed by atoms with Crippen molar-refractivity contribution in [3.8, 4) is 0 Å². The topological polar surface area (TPSA) is 24.1 Å². The molecule has 4 heteroatoms. The van der Waals surface area contributed by atoms with E-state index in [1.165, 1.54) is 5.56 Å². The first-order valence-corrected chi connectivity index (χ1v) is 3.85. The Morgan fingerprint density at radius 1 is 1.42 bits per heavy atom. The second kappa shape index (κ2) is 6.26. The molecule has 1 rings (SSSR count). The van der Waals surface area contributed by atoms with Crippen LogP contribution in [0.5, 0.6) is 0 Å². The van der Waals surface area contributed by atoms with E-state index >= 15 is 0 Å². The van der Waals surface area contributed by atoms with Gasteiger partial charge in [-0.25, -0.2) is 0 Å². The number of nitrogens with one attached hydrogen (secondary N) is 2. The van der Waals surface area contributed by atoms with Gasteiger partial charge < -0.3 is 0 Å². The molecule has 0 heterocycles. The van der Waals surface area contributed by atoms with Crippen molar-refractivity contribution in [2.45, 2.75) is 6.54 Å². The minimum atomic E-state index is 0. The van der Waals surface area contributed by atoms with Crippen molar-refractivity contribution in [1.29, 1.82) is 0 Å². The van der Waals surface area contributed by atoms with Gasteiger partial charge in [-0.3, -0.25) is 10.9 Å². The third-order valence-electron chi connectivity index (χ3n) is 1.36. The van der Waals surface area contributed by atoms with Crippen LogP contribution in [0.1, 0.15) is 5.56 Å². The van der Waals surface area contributed by atoms with Gasteiger partial charge in [0, 0.05) is 11.6 Å². The largest absolute Gasteiger partial charge is 0.261 e. The Labute approximate surface area is 83.7 Å². The minimum absolute atomic E-state index is 0. The molecule has 0 saturated carbocycles. The van der Waals surface area contributed by atoms with E-state index < -0.39 is 0 Å². The summed E-state index contributed by atoms with van der Waals surface area (Å²) < 4.78 is 0. The maximum absolute atomic E-state index is 5.78. The van der Waals surface area contributed by atoms with Gasteiger partial charge in [-0.15, -0.1) is 12.4 Å². The molecule has 0 aliphatic heterocycles. The zero-order chi connectivity index (χ0) is 8.10. The summed E-state index contributed by atoms with van der Waals surface area (Å²) in [7, 11) is 1.84. The molecule has 0 saturated heterocycles. The highest BCUT2D eigenvalue weighted by atomic mass is 35.5. The lowest BCUT2D eigenvalue weighted by Crippen LogP contribution is -2.26. The highest BCUT2D eigenvalue weighted by Gasteiger charge is 1.91. The average molecular weight is 207 g/mol. The van der Waals surface area contributed by atoms with E-state index in [0.717, 1.165) is 11.6 Å². The number of hydrogen-bond acceptors (Lipinski definition) is 2. The molecule has 0 radical (unpaired) electrons. The first kappa shape index (κ1) is 11.7. The Bertz CT molecular complexity index is 228. The molecule has 0 fully saturated rings. The summed E-state index contributed by atoms with van der Waals surface area (Å²) in [6.07, 6.45) is 0. The molecule has 0 aliphatic rings. The highest BCUT2D eigenvalue weighted by molar-refractivity contribution is 6.30. The Morgan fingerprint density at radius 2 is 2.17 bits per heavy atom. The van der Waals surface area contributed by atoms with Crippen LogP contribution >= 0.6 is 24.0 Å². The maximum atomic E-state index is 5.78. The van der Waals surface area contributed by atoms with Crippen molar-refractivity contribution in [3.05, 3.63) is 34.9 Å². The Balaban J connectivity index is 0.00000121. The molecule has 68 valence electrons. The smallest absolute Gasteiger partial charge is 0.0409 e. The lowest BCUT2D eigenvalue weighted by Gasteiger charge is -2.02. The summed E-state index contributed by atoms with van der Waals surface area (Å²) in [4.78, 5) is 0.